The molecule has 0 aliphatic carbocycles. The lowest BCUT2D eigenvalue weighted by molar-refractivity contribution is 0.387. The fourth-order valence-corrected chi connectivity index (χ4v) is 1.88. The first-order valence-corrected chi connectivity index (χ1v) is 6.83. The molecule has 0 saturated carbocycles. The highest BCUT2D eigenvalue weighted by Crippen LogP contribution is 2.27. The molecule has 8 heteroatoms. The van der Waals surface area contributed by atoms with Crippen LogP contribution in [0.15, 0.2) is 12.1 Å². The summed E-state index contributed by atoms with van der Waals surface area (Å²) in [7, 11) is -0.610. The molecule has 0 spiro atoms. The summed E-state index contributed by atoms with van der Waals surface area (Å²) in [5, 5.41) is 2.81. The van der Waals surface area contributed by atoms with Gasteiger partial charge in [0.25, 0.3) is 0 Å². The second kappa shape index (κ2) is 5.87. The highest BCUT2D eigenvalue weighted by atomic mass is 32.2. The monoisotopic (exact) mass is 277 g/mol. The molecule has 18 heavy (non-hydrogen) atoms. The molecule has 0 bridgehead atoms. The van der Waals surface area contributed by atoms with E-state index in [1.807, 2.05) is 0 Å². The fraction of sp³-hybridized carbons (Fsp3) is 0.400. The number of nitrogens with two attached hydrogens (primary N) is 1. The Labute approximate surface area is 105 Å². The van der Waals surface area contributed by atoms with Crippen LogP contribution in [0.2, 0.25) is 0 Å². The van der Waals surface area contributed by atoms with Gasteiger partial charge >= 0.3 is 0 Å². The van der Waals surface area contributed by atoms with E-state index in [1.165, 1.54) is 20.2 Å². The van der Waals surface area contributed by atoms with Gasteiger partial charge in [0.15, 0.2) is 11.6 Å². The Morgan fingerprint density at radius 1 is 1.44 bits per heavy atom. The molecule has 0 atom stereocenters. The van der Waals surface area contributed by atoms with E-state index in [9.17, 15) is 12.8 Å². The van der Waals surface area contributed by atoms with E-state index < -0.39 is 15.8 Å². The van der Waals surface area contributed by atoms with Gasteiger partial charge in [0.2, 0.25) is 10.0 Å². The van der Waals surface area contributed by atoms with E-state index in [0.717, 1.165) is 6.07 Å². The van der Waals surface area contributed by atoms with Crippen LogP contribution in [0.5, 0.6) is 5.75 Å². The van der Waals surface area contributed by atoms with Gasteiger partial charge in [-0.15, -0.1) is 0 Å². The molecular weight excluding hydrogens is 261 g/mol. The molecule has 0 aliphatic heterocycles. The van der Waals surface area contributed by atoms with Crippen LogP contribution in [0.1, 0.15) is 0 Å². The Morgan fingerprint density at radius 2 is 2.11 bits per heavy atom. The molecule has 0 aromatic heterocycles. The molecule has 6 nitrogen and oxygen atoms in total. The molecular formula is C10H16FN3O3S. The van der Waals surface area contributed by atoms with Crippen LogP contribution in [0.4, 0.5) is 15.8 Å². The summed E-state index contributed by atoms with van der Waals surface area (Å²) in [5.74, 6) is -0.630. The fourth-order valence-electron chi connectivity index (χ4n) is 1.30. The number of nitrogen functional groups attached to an aromatic ring is 1. The zero-order chi connectivity index (χ0) is 13.8. The Balaban J connectivity index is 2.74. The van der Waals surface area contributed by atoms with E-state index in [0.29, 0.717) is 5.69 Å². The summed E-state index contributed by atoms with van der Waals surface area (Å²) in [6.07, 6.45) is 0. The quantitative estimate of drug-likeness (QED) is 0.654. The summed E-state index contributed by atoms with van der Waals surface area (Å²) in [4.78, 5) is 0. The summed E-state index contributed by atoms with van der Waals surface area (Å²) in [6.45, 7) is 0.155. The SMILES string of the molecule is CNS(=O)(=O)CCNc1cc(OC)c(F)cc1N. The van der Waals surface area contributed by atoms with Crippen molar-refractivity contribution in [1.82, 2.24) is 4.72 Å². The van der Waals surface area contributed by atoms with Gasteiger partial charge in [-0.3, -0.25) is 0 Å². The second-order valence-corrected chi connectivity index (χ2v) is 5.57. The lowest BCUT2D eigenvalue weighted by Gasteiger charge is -2.11. The third kappa shape index (κ3) is 3.74. The molecule has 0 radical (unpaired) electrons. The summed E-state index contributed by atoms with van der Waals surface area (Å²) >= 11 is 0. The Morgan fingerprint density at radius 3 is 2.67 bits per heavy atom. The van der Waals surface area contributed by atoms with Crippen molar-refractivity contribution in [1.29, 1.82) is 0 Å². The Bertz CT molecular complexity index is 519. The van der Waals surface area contributed by atoms with Crippen LogP contribution < -0.4 is 20.5 Å². The average Bonchev–Trinajstić information content (AvgIpc) is 2.32. The first-order valence-electron chi connectivity index (χ1n) is 5.17. The van der Waals surface area contributed by atoms with Gasteiger partial charge in [-0.25, -0.2) is 17.5 Å². The minimum absolute atomic E-state index is 0.0446. The first kappa shape index (κ1) is 14.5. The van der Waals surface area contributed by atoms with E-state index >= 15 is 0 Å². The maximum Gasteiger partial charge on any atom is 0.213 e. The minimum atomic E-state index is -3.28. The average molecular weight is 277 g/mol. The number of hydrogen-bond donors (Lipinski definition) is 3. The van der Waals surface area contributed by atoms with Crippen LogP contribution in [0.3, 0.4) is 0 Å². The van der Waals surface area contributed by atoms with Crippen molar-refractivity contribution in [2.45, 2.75) is 0 Å². The van der Waals surface area contributed by atoms with Crippen LogP contribution in [-0.4, -0.2) is 34.9 Å². The smallest absolute Gasteiger partial charge is 0.213 e. The van der Waals surface area contributed by atoms with Gasteiger partial charge < -0.3 is 15.8 Å². The van der Waals surface area contributed by atoms with E-state index in [4.69, 9.17) is 10.5 Å². The topological polar surface area (TPSA) is 93.5 Å². The van der Waals surface area contributed by atoms with Crippen molar-refractivity contribution in [2.24, 2.45) is 0 Å². The molecule has 0 amide bonds. The first-order chi connectivity index (χ1) is 8.39. The molecule has 0 saturated heterocycles. The van der Waals surface area contributed by atoms with Gasteiger partial charge in [-0.2, -0.15) is 0 Å². The predicted molar refractivity (Wildman–Crippen MR) is 68.7 cm³/mol. The van der Waals surface area contributed by atoms with Crippen LogP contribution in [-0.2, 0) is 10.0 Å². The number of hydrogen-bond acceptors (Lipinski definition) is 5. The number of ether oxygens (including phenoxy) is 1. The Hall–Kier alpha value is -1.54. The van der Waals surface area contributed by atoms with Crippen molar-refractivity contribution < 1.29 is 17.5 Å². The molecule has 4 N–H and O–H groups in total. The summed E-state index contributed by atoms with van der Waals surface area (Å²) in [6, 6.07) is 2.50. The van der Waals surface area contributed by atoms with E-state index in [-0.39, 0.29) is 23.7 Å². The zero-order valence-corrected chi connectivity index (χ0v) is 11.0. The number of methoxy groups -OCH3 is 1. The standard InChI is InChI=1S/C10H16FN3O3S/c1-13-18(15,16)4-3-14-9-6-10(17-2)7(11)5-8(9)12/h5-6,13-14H,3-4,12H2,1-2H3. The summed E-state index contributed by atoms with van der Waals surface area (Å²) < 4.78 is 42.6. The van der Waals surface area contributed by atoms with Gasteiger partial charge in [-0.1, -0.05) is 0 Å². The van der Waals surface area contributed by atoms with Gasteiger partial charge in [0.05, 0.1) is 24.2 Å². The predicted octanol–water partition coefficient (Wildman–Crippen LogP) is 0.378. The number of anilines is 2. The van der Waals surface area contributed by atoms with Gasteiger partial charge in [0.1, 0.15) is 0 Å². The maximum absolute atomic E-state index is 13.3. The third-order valence-electron chi connectivity index (χ3n) is 2.32. The van der Waals surface area contributed by atoms with E-state index in [2.05, 4.69) is 10.0 Å². The number of rotatable bonds is 6. The number of nitrogens with one attached hydrogen (secondary N) is 2. The van der Waals surface area contributed by atoms with Gasteiger partial charge in [0, 0.05) is 18.7 Å². The molecule has 0 aliphatic rings. The van der Waals surface area contributed by atoms with Gasteiger partial charge in [-0.05, 0) is 7.05 Å². The Kier molecular flexibility index (Phi) is 4.74. The molecule has 1 aromatic rings. The van der Waals surface area contributed by atoms with Crippen molar-refractivity contribution in [2.75, 3.05) is 37.5 Å². The zero-order valence-electron chi connectivity index (χ0n) is 10.2. The molecule has 1 rings (SSSR count). The minimum Gasteiger partial charge on any atom is -0.494 e. The van der Waals surface area contributed by atoms with Crippen molar-refractivity contribution >= 4 is 21.4 Å². The largest absolute Gasteiger partial charge is 0.494 e. The van der Waals surface area contributed by atoms with Crippen molar-refractivity contribution in [3.63, 3.8) is 0 Å². The normalized spacial score (nSPS) is 11.3. The highest BCUT2D eigenvalue weighted by molar-refractivity contribution is 7.89. The lowest BCUT2D eigenvalue weighted by Crippen LogP contribution is -2.26. The van der Waals surface area contributed by atoms with Crippen molar-refractivity contribution in [3.05, 3.63) is 17.9 Å². The number of sulfonamides is 1. The number of benzene rings is 1. The molecule has 1 aromatic carbocycles. The molecule has 0 unspecified atom stereocenters. The van der Waals surface area contributed by atoms with Crippen molar-refractivity contribution in [3.8, 4) is 5.75 Å². The van der Waals surface area contributed by atoms with Crippen LogP contribution in [0.25, 0.3) is 0 Å². The summed E-state index contributed by atoms with van der Waals surface area (Å²) in [5.41, 5.74) is 6.22. The van der Waals surface area contributed by atoms with Crippen LogP contribution in [0, 0.1) is 5.82 Å². The second-order valence-electron chi connectivity index (χ2n) is 3.52. The maximum atomic E-state index is 13.3. The highest BCUT2D eigenvalue weighted by Gasteiger charge is 2.10. The van der Waals surface area contributed by atoms with E-state index in [1.54, 1.807) is 0 Å². The molecule has 0 fully saturated rings. The van der Waals surface area contributed by atoms with Crippen LogP contribution >= 0.6 is 0 Å². The number of halogens is 1. The molecule has 0 heterocycles. The molecule has 102 valence electrons. The lowest BCUT2D eigenvalue weighted by atomic mass is 10.2. The third-order valence-corrected chi connectivity index (χ3v) is 3.68.